The molecule has 1 N–H and O–H groups in total. The van der Waals surface area contributed by atoms with Crippen LogP contribution in [0.1, 0.15) is 31.4 Å². The minimum atomic E-state index is -1.23. The zero-order chi connectivity index (χ0) is 15.9. The Morgan fingerprint density at radius 3 is 2.45 bits per heavy atom. The molecule has 0 bridgehead atoms. The van der Waals surface area contributed by atoms with Gasteiger partial charge in [-0.15, -0.1) is 0 Å². The van der Waals surface area contributed by atoms with Crippen LogP contribution in [0.5, 0.6) is 0 Å². The van der Waals surface area contributed by atoms with Crippen molar-refractivity contribution in [2.75, 3.05) is 13.1 Å². The van der Waals surface area contributed by atoms with Crippen molar-refractivity contribution in [2.45, 2.75) is 32.0 Å². The Morgan fingerprint density at radius 2 is 1.91 bits per heavy atom. The summed E-state index contributed by atoms with van der Waals surface area (Å²) in [5, 5.41) is 9.26. The second kappa shape index (κ2) is 5.35. The number of carbonyl (C=O) groups excluding carboxylic acids is 1. The van der Waals surface area contributed by atoms with Gasteiger partial charge in [-0.1, -0.05) is 12.1 Å². The fraction of sp³-hybridized carbons (Fsp3) is 0.500. The Bertz CT molecular complexity index is 597. The maximum Gasteiger partial charge on any atom is 0.319 e. The molecular formula is C16H18FNO4. The number of carboxylic acids is 1. The molecule has 2 unspecified atom stereocenters. The number of carbonyl (C=O) groups is 2. The smallest absolute Gasteiger partial charge is 0.319 e. The molecule has 0 radical (unpaired) electrons. The third-order valence-corrected chi connectivity index (χ3v) is 4.36. The van der Waals surface area contributed by atoms with E-state index in [4.69, 9.17) is 4.74 Å². The summed E-state index contributed by atoms with van der Waals surface area (Å²) in [5.41, 5.74) is -0.448. The van der Waals surface area contributed by atoms with Crippen LogP contribution in [-0.4, -0.2) is 41.1 Å². The molecule has 1 aromatic carbocycles. The zero-order valence-corrected chi connectivity index (χ0v) is 12.3. The highest BCUT2D eigenvalue weighted by Gasteiger charge is 2.59. The van der Waals surface area contributed by atoms with Gasteiger partial charge in [0.1, 0.15) is 17.3 Å². The largest absolute Gasteiger partial charge is 0.480 e. The minimum absolute atomic E-state index is 0.197. The van der Waals surface area contributed by atoms with Crippen LogP contribution in [0, 0.1) is 11.2 Å². The number of ether oxygens (including phenoxy) is 1. The first-order chi connectivity index (χ1) is 10.4. The Kier molecular flexibility index (Phi) is 3.64. The summed E-state index contributed by atoms with van der Waals surface area (Å²) in [6, 6.07) is 5.96. The van der Waals surface area contributed by atoms with Crippen molar-refractivity contribution >= 4 is 11.9 Å². The molecule has 1 aromatic rings. The van der Waals surface area contributed by atoms with Crippen molar-refractivity contribution in [1.29, 1.82) is 0 Å². The molecule has 1 heterocycles. The number of morpholine rings is 1. The fourth-order valence-corrected chi connectivity index (χ4v) is 2.93. The first-order valence-electron chi connectivity index (χ1n) is 7.36. The Hall–Kier alpha value is -1.95. The average Bonchev–Trinajstić information content (AvgIpc) is 3.28. The third-order valence-electron chi connectivity index (χ3n) is 4.36. The van der Waals surface area contributed by atoms with Gasteiger partial charge in [-0.25, -0.2) is 4.39 Å². The number of aliphatic carboxylic acids is 1. The molecule has 0 spiro atoms. The van der Waals surface area contributed by atoms with Crippen LogP contribution < -0.4 is 0 Å². The maximum atomic E-state index is 13.0. The van der Waals surface area contributed by atoms with E-state index in [1.807, 2.05) is 6.92 Å². The second-order valence-corrected chi connectivity index (χ2v) is 6.08. The van der Waals surface area contributed by atoms with Crippen LogP contribution in [0.25, 0.3) is 0 Å². The summed E-state index contributed by atoms with van der Waals surface area (Å²) in [6.07, 6.45) is 0.234. The van der Waals surface area contributed by atoms with Gasteiger partial charge in [-0.05, 0) is 37.5 Å². The molecule has 1 aliphatic heterocycles. The molecule has 5 nitrogen and oxygen atoms in total. The molecule has 1 aliphatic carbocycles. The molecule has 2 aliphatic rings. The summed E-state index contributed by atoms with van der Waals surface area (Å²) >= 11 is 0. The highest BCUT2D eigenvalue weighted by molar-refractivity contribution is 6.04. The Balaban J connectivity index is 1.78. The first-order valence-corrected chi connectivity index (χ1v) is 7.36. The lowest BCUT2D eigenvalue weighted by Crippen LogP contribution is -2.50. The molecule has 6 heteroatoms. The lowest BCUT2D eigenvalue weighted by molar-refractivity contribution is -0.160. The summed E-state index contributed by atoms with van der Waals surface area (Å²) in [4.78, 5) is 25.4. The number of nitrogens with zero attached hydrogens (tertiary/aromatic N) is 1. The van der Waals surface area contributed by atoms with Crippen LogP contribution in [0.4, 0.5) is 4.39 Å². The monoisotopic (exact) mass is 307 g/mol. The lowest BCUT2D eigenvalue weighted by Gasteiger charge is -2.38. The molecule has 1 amide bonds. The van der Waals surface area contributed by atoms with Crippen LogP contribution in [0.2, 0.25) is 0 Å². The van der Waals surface area contributed by atoms with E-state index in [1.54, 1.807) is 17.0 Å². The SMILES string of the molecule is CC1CN(C(=O)C2(C(=O)O)CC2)CC(c2ccc(F)cc2)O1. The number of halogens is 1. The molecule has 118 valence electrons. The second-order valence-electron chi connectivity index (χ2n) is 6.08. The molecule has 1 saturated heterocycles. The van der Waals surface area contributed by atoms with Crippen molar-refractivity contribution in [3.63, 3.8) is 0 Å². The van der Waals surface area contributed by atoms with Gasteiger partial charge in [0.05, 0.1) is 12.6 Å². The average molecular weight is 307 g/mol. The number of hydrogen-bond acceptors (Lipinski definition) is 3. The zero-order valence-electron chi connectivity index (χ0n) is 12.3. The topological polar surface area (TPSA) is 66.8 Å². The molecule has 1 saturated carbocycles. The van der Waals surface area contributed by atoms with Gasteiger partial charge in [0, 0.05) is 6.54 Å². The summed E-state index contributed by atoms with van der Waals surface area (Å²) in [6.45, 7) is 2.52. The number of amides is 1. The van der Waals surface area contributed by atoms with Gasteiger partial charge in [0.25, 0.3) is 0 Å². The highest BCUT2D eigenvalue weighted by Crippen LogP contribution is 2.48. The van der Waals surface area contributed by atoms with E-state index in [9.17, 15) is 19.1 Å². The summed E-state index contributed by atoms with van der Waals surface area (Å²) in [7, 11) is 0. The van der Waals surface area contributed by atoms with Gasteiger partial charge in [-0.2, -0.15) is 0 Å². The quantitative estimate of drug-likeness (QED) is 0.867. The van der Waals surface area contributed by atoms with Crippen molar-refractivity contribution in [3.05, 3.63) is 35.6 Å². The van der Waals surface area contributed by atoms with E-state index in [0.717, 1.165) is 5.56 Å². The lowest BCUT2D eigenvalue weighted by atomic mass is 10.0. The highest BCUT2D eigenvalue weighted by atomic mass is 19.1. The van der Waals surface area contributed by atoms with E-state index in [2.05, 4.69) is 0 Å². The van der Waals surface area contributed by atoms with Crippen molar-refractivity contribution < 1.29 is 23.8 Å². The van der Waals surface area contributed by atoms with E-state index in [-0.39, 0.29) is 23.9 Å². The normalized spacial score (nSPS) is 26.5. The van der Waals surface area contributed by atoms with Gasteiger partial charge in [0.15, 0.2) is 0 Å². The van der Waals surface area contributed by atoms with E-state index in [1.165, 1.54) is 12.1 Å². The van der Waals surface area contributed by atoms with Gasteiger partial charge in [-0.3, -0.25) is 9.59 Å². The number of rotatable bonds is 3. The molecule has 2 atom stereocenters. The van der Waals surface area contributed by atoms with Crippen molar-refractivity contribution in [1.82, 2.24) is 4.90 Å². The van der Waals surface area contributed by atoms with Gasteiger partial charge >= 0.3 is 5.97 Å². The fourth-order valence-electron chi connectivity index (χ4n) is 2.93. The van der Waals surface area contributed by atoms with Crippen LogP contribution in [0.3, 0.4) is 0 Å². The van der Waals surface area contributed by atoms with Crippen molar-refractivity contribution in [3.8, 4) is 0 Å². The number of carboxylic acid groups (broad SMARTS) is 1. The van der Waals surface area contributed by atoms with E-state index in [0.29, 0.717) is 25.9 Å². The predicted molar refractivity (Wildman–Crippen MR) is 75.6 cm³/mol. The number of benzene rings is 1. The molecule has 3 rings (SSSR count). The molecule has 0 aromatic heterocycles. The van der Waals surface area contributed by atoms with E-state index >= 15 is 0 Å². The first kappa shape index (κ1) is 15.0. The molecular weight excluding hydrogens is 289 g/mol. The number of hydrogen-bond donors (Lipinski definition) is 1. The van der Waals surface area contributed by atoms with Gasteiger partial charge < -0.3 is 14.7 Å². The summed E-state index contributed by atoms with van der Waals surface area (Å²) < 4.78 is 18.8. The Labute approximate surface area is 127 Å². The van der Waals surface area contributed by atoms with Crippen LogP contribution >= 0.6 is 0 Å². The minimum Gasteiger partial charge on any atom is -0.480 e. The molecule has 22 heavy (non-hydrogen) atoms. The standard InChI is InChI=1S/C16H18FNO4/c1-10-8-18(14(19)16(6-7-16)15(20)21)9-13(22-10)11-2-4-12(17)5-3-11/h2-5,10,13H,6-9H2,1H3,(H,20,21). The van der Waals surface area contributed by atoms with Crippen molar-refractivity contribution in [2.24, 2.45) is 5.41 Å². The van der Waals surface area contributed by atoms with E-state index < -0.39 is 11.4 Å². The van der Waals surface area contributed by atoms with Crippen LogP contribution in [0.15, 0.2) is 24.3 Å². The van der Waals surface area contributed by atoms with Crippen LogP contribution in [-0.2, 0) is 14.3 Å². The third kappa shape index (κ3) is 2.59. The molecule has 2 fully saturated rings. The summed E-state index contributed by atoms with van der Waals surface area (Å²) in [5.74, 6) is -1.71. The predicted octanol–water partition coefficient (Wildman–Crippen LogP) is 1.98. The van der Waals surface area contributed by atoms with Gasteiger partial charge in [0.2, 0.25) is 5.91 Å². The Morgan fingerprint density at radius 1 is 1.27 bits per heavy atom. The maximum absolute atomic E-state index is 13.0.